The van der Waals surface area contributed by atoms with Gasteiger partial charge in [0, 0.05) is 51.9 Å². The first-order valence-corrected chi connectivity index (χ1v) is 5.57. The molecular weight excluding hydrogens is 174 g/mol. The lowest BCUT2D eigenvalue weighted by Crippen LogP contribution is -2.61. The molecule has 2 rings (SSSR count). The van der Waals surface area contributed by atoms with Gasteiger partial charge >= 0.3 is 0 Å². The van der Waals surface area contributed by atoms with Crippen molar-refractivity contribution in [2.75, 3.05) is 45.8 Å². The lowest BCUT2D eigenvalue weighted by Gasteiger charge is -2.43. The number of nitrogens with zero attached hydrogens (tertiary/aromatic N) is 2. The van der Waals surface area contributed by atoms with Crippen LogP contribution in [0.2, 0.25) is 0 Å². The molecule has 3 nitrogen and oxygen atoms in total. The molecule has 0 aromatic carbocycles. The lowest BCUT2D eigenvalue weighted by atomic mass is 10.1. The van der Waals surface area contributed by atoms with Crippen molar-refractivity contribution in [3.8, 4) is 0 Å². The van der Waals surface area contributed by atoms with Gasteiger partial charge in [-0.25, -0.2) is 0 Å². The van der Waals surface area contributed by atoms with Gasteiger partial charge in [-0.1, -0.05) is 12.2 Å². The predicted molar refractivity (Wildman–Crippen MR) is 59.5 cm³/mol. The van der Waals surface area contributed by atoms with E-state index >= 15 is 0 Å². The Kier molecular flexibility index (Phi) is 3.21. The zero-order valence-electron chi connectivity index (χ0n) is 9.13. The summed E-state index contributed by atoms with van der Waals surface area (Å²) in [6.45, 7) is 14.4. The molecule has 2 aliphatic rings. The van der Waals surface area contributed by atoms with Crippen LogP contribution in [-0.2, 0) is 0 Å². The summed E-state index contributed by atoms with van der Waals surface area (Å²) in [6, 6.07) is 0.821. The highest BCUT2D eigenvalue weighted by molar-refractivity contribution is 4.94. The molecule has 0 bridgehead atoms. The molecule has 0 radical (unpaired) electrons. The fraction of sp³-hybridized carbons (Fsp3) is 0.818. The van der Waals surface area contributed by atoms with Crippen LogP contribution in [0.4, 0.5) is 0 Å². The van der Waals surface area contributed by atoms with E-state index in [0.29, 0.717) is 0 Å². The predicted octanol–water partition coefficient (Wildman–Crippen LogP) is 0.152. The second kappa shape index (κ2) is 4.43. The first-order chi connectivity index (χ1) is 6.75. The second-order valence-electron chi connectivity index (χ2n) is 4.58. The first kappa shape index (κ1) is 10.1. The normalized spacial score (nSPS) is 26.1. The first-order valence-electron chi connectivity index (χ1n) is 5.57. The van der Waals surface area contributed by atoms with Gasteiger partial charge in [0.25, 0.3) is 0 Å². The molecule has 0 amide bonds. The van der Waals surface area contributed by atoms with Crippen LogP contribution in [0.3, 0.4) is 0 Å². The minimum Gasteiger partial charge on any atom is -0.314 e. The summed E-state index contributed by atoms with van der Waals surface area (Å²) >= 11 is 0. The number of rotatable bonds is 3. The van der Waals surface area contributed by atoms with E-state index in [2.05, 4.69) is 28.6 Å². The highest BCUT2D eigenvalue weighted by Crippen LogP contribution is 2.10. The Morgan fingerprint density at radius 1 is 1.29 bits per heavy atom. The summed E-state index contributed by atoms with van der Waals surface area (Å²) < 4.78 is 0. The maximum Gasteiger partial charge on any atom is 0.0346 e. The van der Waals surface area contributed by atoms with Crippen LogP contribution in [0.1, 0.15) is 6.92 Å². The van der Waals surface area contributed by atoms with E-state index < -0.39 is 0 Å². The van der Waals surface area contributed by atoms with Gasteiger partial charge < -0.3 is 5.32 Å². The summed E-state index contributed by atoms with van der Waals surface area (Å²) in [4.78, 5) is 5.12. The fourth-order valence-electron chi connectivity index (χ4n) is 2.20. The average molecular weight is 195 g/mol. The van der Waals surface area contributed by atoms with Crippen molar-refractivity contribution >= 4 is 0 Å². The van der Waals surface area contributed by atoms with Gasteiger partial charge in [0.05, 0.1) is 0 Å². The summed E-state index contributed by atoms with van der Waals surface area (Å²) in [5.41, 5.74) is 1.28. The van der Waals surface area contributed by atoms with Gasteiger partial charge in [-0.2, -0.15) is 0 Å². The van der Waals surface area contributed by atoms with Gasteiger partial charge in [-0.05, 0) is 6.92 Å². The maximum atomic E-state index is 3.97. The van der Waals surface area contributed by atoms with Crippen molar-refractivity contribution in [2.24, 2.45) is 0 Å². The fourth-order valence-corrected chi connectivity index (χ4v) is 2.20. The Labute approximate surface area is 86.8 Å². The Hall–Kier alpha value is -0.380. The monoisotopic (exact) mass is 195 g/mol. The summed E-state index contributed by atoms with van der Waals surface area (Å²) in [5.74, 6) is 0. The molecule has 0 unspecified atom stereocenters. The third kappa shape index (κ3) is 2.35. The van der Waals surface area contributed by atoms with Crippen molar-refractivity contribution in [3.63, 3.8) is 0 Å². The maximum absolute atomic E-state index is 3.97. The van der Waals surface area contributed by atoms with Crippen LogP contribution in [-0.4, -0.2) is 61.7 Å². The molecule has 0 aromatic rings. The summed E-state index contributed by atoms with van der Waals surface area (Å²) in [5, 5.41) is 3.33. The molecule has 0 saturated carbocycles. The van der Waals surface area contributed by atoms with Crippen LogP contribution < -0.4 is 5.32 Å². The van der Waals surface area contributed by atoms with E-state index in [1.54, 1.807) is 0 Å². The molecular formula is C11H21N3. The van der Waals surface area contributed by atoms with Crippen molar-refractivity contribution in [1.82, 2.24) is 15.1 Å². The van der Waals surface area contributed by atoms with Crippen LogP contribution in [0.15, 0.2) is 12.2 Å². The van der Waals surface area contributed by atoms with Crippen LogP contribution in [0.25, 0.3) is 0 Å². The lowest BCUT2D eigenvalue weighted by molar-refractivity contribution is 0.0772. The van der Waals surface area contributed by atoms with Crippen molar-refractivity contribution in [1.29, 1.82) is 0 Å². The number of nitrogens with one attached hydrogen (secondary N) is 1. The van der Waals surface area contributed by atoms with E-state index in [0.717, 1.165) is 12.6 Å². The minimum absolute atomic E-state index is 0.821. The van der Waals surface area contributed by atoms with Gasteiger partial charge in [-0.3, -0.25) is 9.80 Å². The molecule has 2 heterocycles. The van der Waals surface area contributed by atoms with Gasteiger partial charge in [0.1, 0.15) is 0 Å². The third-order valence-electron chi connectivity index (χ3n) is 3.18. The second-order valence-corrected chi connectivity index (χ2v) is 4.58. The van der Waals surface area contributed by atoms with Gasteiger partial charge in [0.15, 0.2) is 0 Å². The van der Waals surface area contributed by atoms with E-state index in [4.69, 9.17) is 0 Å². The molecule has 80 valence electrons. The van der Waals surface area contributed by atoms with E-state index in [1.807, 2.05) is 0 Å². The topological polar surface area (TPSA) is 18.5 Å². The zero-order chi connectivity index (χ0) is 9.97. The average Bonchev–Trinajstić information content (AvgIpc) is 2.04. The molecule has 0 atom stereocenters. The van der Waals surface area contributed by atoms with E-state index in [9.17, 15) is 0 Å². The largest absolute Gasteiger partial charge is 0.314 e. The van der Waals surface area contributed by atoms with E-state index in [1.165, 1.54) is 44.8 Å². The summed E-state index contributed by atoms with van der Waals surface area (Å²) in [7, 11) is 0. The van der Waals surface area contributed by atoms with Crippen LogP contribution in [0, 0.1) is 0 Å². The van der Waals surface area contributed by atoms with Crippen molar-refractivity contribution in [3.05, 3.63) is 12.2 Å². The molecule has 2 aliphatic heterocycles. The molecule has 2 fully saturated rings. The third-order valence-corrected chi connectivity index (χ3v) is 3.18. The molecule has 3 heteroatoms. The van der Waals surface area contributed by atoms with Gasteiger partial charge in [-0.15, -0.1) is 0 Å². The Morgan fingerprint density at radius 2 is 1.93 bits per heavy atom. The van der Waals surface area contributed by atoms with Crippen LogP contribution >= 0.6 is 0 Å². The molecule has 14 heavy (non-hydrogen) atoms. The number of hydrogen-bond acceptors (Lipinski definition) is 3. The Balaban J connectivity index is 1.71. The smallest absolute Gasteiger partial charge is 0.0346 e. The zero-order valence-corrected chi connectivity index (χ0v) is 9.13. The Bertz CT molecular complexity index is 203. The number of piperazine rings is 1. The quantitative estimate of drug-likeness (QED) is 0.647. The van der Waals surface area contributed by atoms with Crippen molar-refractivity contribution < 1.29 is 0 Å². The SMILES string of the molecule is C=C(C)CN1CCN(C2CNC2)CC1. The molecule has 0 spiro atoms. The summed E-state index contributed by atoms with van der Waals surface area (Å²) in [6.07, 6.45) is 0. The Morgan fingerprint density at radius 3 is 2.36 bits per heavy atom. The molecule has 2 saturated heterocycles. The number of hydrogen-bond donors (Lipinski definition) is 1. The molecule has 0 aromatic heterocycles. The van der Waals surface area contributed by atoms with Crippen molar-refractivity contribution in [2.45, 2.75) is 13.0 Å². The minimum atomic E-state index is 0.821. The highest BCUT2D eigenvalue weighted by atomic mass is 15.3. The van der Waals surface area contributed by atoms with Crippen LogP contribution in [0.5, 0.6) is 0 Å². The van der Waals surface area contributed by atoms with Gasteiger partial charge in [0.2, 0.25) is 0 Å². The molecule has 1 N–H and O–H groups in total. The standard InChI is InChI=1S/C11H21N3/c1-10(2)9-13-3-5-14(6-4-13)11-7-12-8-11/h11-12H,1,3-9H2,2H3. The highest BCUT2D eigenvalue weighted by Gasteiger charge is 2.27. The van der Waals surface area contributed by atoms with E-state index in [-0.39, 0.29) is 0 Å². The molecule has 0 aliphatic carbocycles.